The van der Waals surface area contributed by atoms with Crippen LogP contribution < -0.4 is 0 Å². The molecule has 1 fully saturated rings. The monoisotopic (exact) mass is 367 g/mol. The van der Waals surface area contributed by atoms with Crippen LogP contribution in [0, 0.1) is 12.8 Å². The SMILES string of the molecule is CCC1CN(S(=O)(=O)c2cc(Br)sc2C)CCC1O. The van der Waals surface area contributed by atoms with Crippen LogP contribution in [0.25, 0.3) is 0 Å². The molecule has 1 aliphatic rings. The summed E-state index contributed by atoms with van der Waals surface area (Å²) in [6.07, 6.45) is 0.925. The van der Waals surface area contributed by atoms with Crippen molar-refractivity contribution in [3.63, 3.8) is 0 Å². The highest BCUT2D eigenvalue weighted by Gasteiger charge is 2.35. The van der Waals surface area contributed by atoms with Gasteiger partial charge in [-0.3, -0.25) is 0 Å². The van der Waals surface area contributed by atoms with E-state index in [0.717, 1.165) is 15.1 Å². The van der Waals surface area contributed by atoms with Crippen LogP contribution in [-0.4, -0.2) is 37.0 Å². The normalized spacial score (nSPS) is 25.7. The van der Waals surface area contributed by atoms with Gasteiger partial charge in [0, 0.05) is 18.0 Å². The summed E-state index contributed by atoms with van der Waals surface area (Å²) in [5, 5.41) is 9.85. The molecule has 1 saturated heterocycles. The first-order valence-electron chi connectivity index (χ1n) is 6.30. The van der Waals surface area contributed by atoms with E-state index in [1.165, 1.54) is 15.6 Å². The van der Waals surface area contributed by atoms with Crippen molar-refractivity contribution in [1.29, 1.82) is 0 Å². The lowest BCUT2D eigenvalue weighted by Crippen LogP contribution is -2.45. The summed E-state index contributed by atoms with van der Waals surface area (Å²) in [5.41, 5.74) is 0. The summed E-state index contributed by atoms with van der Waals surface area (Å²) < 4.78 is 27.6. The summed E-state index contributed by atoms with van der Waals surface area (Å²) in [6.45, 7) is 4.61. The number of halogens is 1. The lowest BCUT2D eigenvalue weighted by molar-refractivity contribution is 0.0521. The predicted octanol–water partition coefficient (Wildman–Crippen LogP) is 2.60. The van der Waals surface area contributed by atoms with E-state index in [2.05, 4.69) is 15.9 Å². The highest BCUT2D eigenvalue weighted by molar-refractivity contribution is 9.11. The average Bonchev–Trinajstić information content (AvgIpc) is 2.69. The molecule has 1 aromatic rings. The number of rotatable bonds is 3. The number of aliphatic hydroxyl groups is 1. The number of nitrogens with zero attached hydrogens (tertiary/aromatic N) is 1. The summed E-state index contributed by atoms with van der Waals surface area (Å²) in [7, 11) is -3.44. The lowest BCUT2D eigenvalue weighted by atomic mass is 9.94. The van der Waals surface area contributed by atoms with Crippen molar-refractivity contribution in [2.75, 3.05) is 13.1 Å². The van der Waals surface area contributed by atoms with E-state index in [0.29, 0.717) is 24.4 Å². The highest BCUT2D eigenvalue weighted by atomic mass is 79.9. The minimum absolute atomic E-state index is 0.0332. The molecule has 4 nitrogen and oxygen atoms in total. The van der Waals surface area contributed by atoms with Gasteiger partial charge in [-0.25, -0.2) is 8.42 Å². The number of hydrogen-bond donors (Lipinski definition) is 1. The maximum atomic E-state index is 12.6. The molecule has 2 atom stereocenters. The molecular formula is C12H18BrNO3S2. The summed E-state index contributed by atoms with van der Waals surface area (Å²) in [5.74, 6) is 0.0332. The van der Waals surface area contributed by atoms with Gasteiger partial charge in [0.25, 0.3) is 0 Å². The first-order chi connectivity index (χ1) is 8.86. The van der Waals surface area contributed by atoms with Crippen molar-refractivity contribution in [3.05, 3.63) is 14.7 Å². The van der Waals surface area contributed by atoms with Gasteiger partial charge in [0.15, 0.2) is 0 Å². The van der Waals surface area contributed by atoms with Crippen LogP contribution >= 0.6 is 27.3 Å². The Morgan fingerprint density at radius 3 is 2.79 bits per heavy atom. The lowest BCUT2D eigenvalue weighted by Gasteiger charge is -2.34. The Hall–Kier alpha value is 0.0500. The molecule has 0 aliphatic carbocycles. The minimum atomic E-state index is -3.44. The Labute approximate surface area is 126 Å². The van der Waals surface area contributed by atoms with E-state index in [-0.39, 0.29) is 12.0 Å². The van der Waals surface area contributed by atoms with Crippen molar-refractivity contribution in [2.45, 2.75) is 37.7 Å². The molecule has 0 aromatic carbocycles. The molecule has 19 heavy (non-hydrogen) atoms. The number of thiophene rings is 1. The molecule has 0 amide bonds. The molecule has 2 heterocycles. The summed E-state index contributed by atoms with van der Waals surface area (Å²) in [6, 6.07) is 1.67. The molecule has 1 aliphatic heterocycles. The minimum Gasteiger partial charge on any atom is -0.393 e. The quantitative estimate of drug-likeness (QED) is 0.892. The Balaban J connectivity index is 2.28. The number of piperidine rings is 1. The largest absolute Gasteiger partial charge is 0.393 e. The molecule has 108 valence electrons. The van der Waals surface area contributed by atoms with Crippen LogP contribution in [0.2, 0.25) is 0 Å². The predicted molar refractivity (Wildman–Crippen MR) is 79.9 cm³/mol. The van der Waals surface area contributed by atoms with Gasteiger partial charge in [-0.05, 0) is 47.7 Å². The Morgan fingerprint density at radius 2 is 2.26 bits per heavy atom. The zero-order valence-electron chi connectivity index (χ0n) is 11.0. The Kier molecular flexibility index (Phi) is 4.72. The highest BCUT2D eigenvalue weighted by Crippen LogP contribution is 2.33. The topological polar surface area (TPSA) is 57.6 Å². The maximum Gasteiger partial charge on any atom is 0.244 e. The molecular weight excluding hydrogens is 350 g/mol. The van der Waals surface area contributed by atoms with E-state index >= 15 is 0 Å². The smallest absolute Gasteiger partial charge is 0.244 e. The second-order valence-electron chi connectivity index (χ2n) is 4.86. The maximum absolute atomic E-state index is 12.6. The summed E-state index contributed by atoms with van der Waals surface area (Å²) in [4.78, 5) is 1.18. The zero-order valence-corrected chi connectivity index (χ0v) is 14.2. The van der Waals surface area contributed by atoms with Crippen LogP contribution in [0.1, 0.15) is 24.6 Å². The number of aryl methyl sites for hydroxylation is 1. The van der Waals surface area contributed by atoms with Crippen molar-refractivity contribution in [2.24, 2.45) is 5.92 Å². The molecule has 1 aromatic heterocycles. The van der Waals surface area contributed by atoms with Gasteiger partial charge in [-0.2, -0.15) is 4.31 Å². The van der Waals surface area contributed by atoms with Gasteiger partial charge in [-0.1, -0.05) is 6.92 Å². The number of hydrogen-bond acceptors (Lipinski definition) is 4. The van der Waals surface area contributed by atoms with Crippen LogP contribution in [0.15, 0.2) is 14.7 Å². The van der Waals surface area contributed by atoms with E-state index in [4.69, 9.17) is 0 Å². The fourth-order valence-electron chi connectivity index (χ4n) is 2.43. The Bertz CT molecular complexity index is 555. The van der Waals surface area contributed by atoms with E-state index in [1.54, 1.807) is 6.07 Å². The van der Waals surface area contributed by atoms with E-state index < -0.39 is 10.0 Å². The van der Waals surface area contributed by atoms with Crippen molar-refractivity contribution >= 4 is 37.3 Å². The third-order valence-electron chi connectivity index (χ3n) is 3.64. The van der Waals surface area contributed by atoms with E-state index in [1.807, 2.05) is 13.8 Å². The second-order valence-corrected chi connectivity index (χ2v) is 9.40. The van der Waals surface area contributed by atoms with Crippen LogP contribution in [0.5, 0.6) is 0 Å². The zero-order chi connectivity index (χ0) is 14.2. The number of sulfonamides is 1. The summed E-state index contributed by atoms with van der Waals surface area (Å²) >= 11 is 4.76. The molecule has 1 N–H and O–H groups in total. The molecule has 7 heteroatoms. The standard InChI is InChI=1S/C12H18BrNO3S2/c1-3-9-7-14(5-4-10(9)15)19(16,17)11-6-12(13)18-8(11)2/h6,9-10,15H,3-5,7H2,1-2H3. The van der Waals surface area contributed by atoms with Gasteiger partial charge in [0.1, 0.15) is 0 Å². The van der Waals surface area contributed by atoms with Crippen molar-refractivity contribution < 1.29 is 13.5 Å². The average molecular weight is 368 g/mol. The van der Waals surface area contributed by atoms with Crippen LogP contribution in [0.4, 0.5) is 0 Å². The molecule has 0 saturated carbocycles. The van der Waals surface area contributed by atoms with Crippen molar-refractivity contribution in [3.8, 4) is 0 Å². The van der Waals surface area contributed by atoms with Gasteiger partial charge in [-0.15, -0.1) is 11.3 Å². The van der Waals surface area contributed by atoms with Crippen LogP contribution in [-0.2, 0) is 10.0 Å². The fourth-order valence-corrected chi connectivity index (χ4v) is 6.33. The molecule has 2 unspecified atom stereocenters. The Morgan fingerprint density at radius 1 is 1.58 bits per heavy atom. The first-order valence-corrected chi connectivity index (χ1v) is 9.35. The van der Waals surface area contributed by atoms with Gasteiger partial charge in [0.2, 0.25) is 10.0 Å². The third kappa shape index (κ3) is 3.05. The number of aliphatic hydroxyl groups excluding tert-OH is 1. The van der Waals surface area contributed by atoms with Crippen LogP contribution in [0.3, 0.4) is 0 Å². The first kappa shape index (κ1) is 15.4. The fraction of sp³-hybridized carbons (Fsp3) is 0.667. The van der Waals surface area contributed by atoms with Gasteiger partial charge < -0.3 is 5.11 Å². The second kappa shape index (κ2) is 5.81. The molecule has 0 radical (unpaired) electrons. The van der Waals surface area contributed by atoms with Crippen molar-refractivity contribution in [1.82, 2.24) is 4.31 Å². The molecule has 2 rings (SSSR count). The van der Waals surface area contributed by atoms with Gasteiger partial charge >= 0.3 is 0 Å². The van der Waals surface area contributed by atoms with E-state index in [9.17, 15) is 13.5 Å². The van der Waals surface area contributed by atoms with Gasteiger partial charge in [0.05, 0.1) is 14.8 Å². The third-order valence-corrected chi connectivity index (χ3v) is 7.31. The molecule has 0 bridgehead atoms. The molecule has 0 spiro atoms.